The number of benzene rings is 2. The summed E-state index contributed by atoms with van der Waals surface area (Å²) in [5, 5.41) is 0. The Balaban J connectivity index is 1.92. The average Bonchev–Trinajstić information content (AvgIpc) is 2.50. The number of hydrogen-bond donors (Lipinski definition) is 0. The second-order valence-corrected chi connectivity index (χ2v) is 5.04. The topological polar surface area (TPSA) is 44.8 Å². The van der Waals surface area contributed by atoms with Crippen LogP contribution in [-0.2, 0) is 0 Å². The lowest BCUT2D eigenvalue weighted by molar-refractivity contribution is 0.111. The van der Waals surface area contributed by atoms with Gasteiger partial charge in [-0.15, -0.1) is 0 Å². The van der Waals surface area contributed by atoms with Crippen LogP contribution < -0.4 is 14.2 Å². The molecule has 0 unspecified atom stereocenters. The molecular weight excluding hydrogens is 280 g/mol. The number of carbonyl (C=O) groups is 1. The molecule has 0 bridgehead atoms. The van der Waals surface area contributed by atoms with E-state index in [1.807, 2.05) is 26.0 Å². The van der Waals surface area contributed by atoms with Crippen molar-refractivity contribution in [3.8, 4) is 17.2 Å². The number of rotatable bonds is 7. The fourth-order valence-electron chi connectivity index (χ4n) is 2.19. The highest BCUT2D eigenvalue weighted by atomic mass is 16.5. The highest BCUT2D eigenvalue weighted by Crippen LogP contribution is 2.23. The molecule has 0 atom stereocenters. The molecule has 22 heavy (non-hydrogen) atoms. The summed E-state index contributed by atoms with van der Waals surface area (Å²) >= 11 is 0. The fraction of sp³-hybridized carbons (Fsp3) is 0.278. The van der Waals surface area contributed by atoms with Crippen LogP contribution >= 0.6 is 0 Å². The highest BCUT2D eigenvalue weighted by Gasteiger charge is 2.05. The number of carbonyl (C=O) groups excluding carboxylic acids is 1. The van der Waals surface area contributed by atoms with Crippen molar-refractivity contribution in [2.45, 2.75) is 13.8 Å². The van der Waals surface area contributed by atoms with Gasteiger partial charge in [-0.1, -0.05) is 6.07 Å². The summed E-state index contributed by atoms with van der Waals surface area (Å²) in [5.74, 6) is 1.97. The Labute approximate surface area is 130 Å². The van der Waals surface area contributed by atoms with Crippen LogP contribution in [0.2, 0.25) is 0 Å². The number of hydrogen-bond acceptors (Lipinski definition) is 4. The lowest BCUT2D eigenvalue weighted by atomic mass is 10.1. The summed E-state index contributed by atoms with van der Waals surface area (Å²) in [4.78, 5) is 11.0. The van der Waals surface area contributed by atoms with Crippen LogP contribution in [0.25, 0.3) is 0 Å². The first kappa shape index (κ1) is 15.9. The van der Waals surface area contributed by atoms with Crippen molar-refractivity contribution in [2.24, 2.45) is 0 Å². The van der Waals surface area contributed by atoms with Gasteiger partial charge in [-0.2, -0.15) is 0 Å². The van der Waals surface area contributed by atoms with Crippen LogP contribution in [0.15, 0.2) is 36.4 Å². The van der Waals surface area contributed by atoms with E-state index in [0.717, 1.165) is 23.2 Å². The highest BCUT2D eigenvalue weighted by molar-refractivity contribution is 5.79. The van der Waals surface area contributed by atoms with E-state index in [-0.39, 0.29) is 0 Å². The molecule has 0 aliphatic rings. The van der Waals surface area contributed by atoms with Crippen molar-refractivity contribution >= 4 is 6.29 Å². The lowest BCUT2D eigenvalue weighted by Gasteiger charge is -2.11. The SMILES string of the molecule is COc1ccc(C=O)c(OCCOc2cc(C)cc(C)c2)c1. The zero-order valence-corrected chi connectivity index (χ0v) is 13.1. The van der Waals surface area contributed by atoms with Gasteiger partial charge >= 0.3 is 0 Å². The Kier molecular flexibility index (Phi) is 5.42. The minimum atomic E-state index is 0.348. The molecule has 0 saturated carbocycles. The van der Waals surface area contributed by atoms with Gasteiger partial charge in [0.15, 0.2) is 6.29 Å². The Hall–Kier alpha value is -2.49. The molecule has 0 aromatic heterocycles. The number of methoxy groups -OCH3 is 1. The summed E-state index contributed by atoms with van der Waals surface area (Å²) in [5.41, 5.74) is 2.81. The second kappa shape index (κ2) is 7.50. The smallest absolute Gasteiger partial charge is 0.153 e. The van der Waals surface area contributed by atoms with Gasteiger partial charge in [0, 0.05) is 6.07 Å². The fourth-order valence-corrected chi connectivity index (χ4v) is 2.19. The van der Waals surface area contributed by atoms with Crippen molar-refractivity contribution in [1.82, 2.24) is 0 Å². The van der Waals surface area contributed by atoms with E-state index in [9.17, 15) is 4.79 Å². The maximum atomic E-state index is 11.0. The van der Waals surface area contributed by atoms with Crippen LogP contribution in [0, 0.1) is 13.8 Å². The molecule has 0 fully saturated rings. The Morgan fingerprint density at radius 3 is 2.23 bits per heavy atom. The summed E-state index contributed by atoms with van der Waals surface area (Å²) in [6.07, 6.45) is 0.763. The van der Waals surface area contributed by atoms with Crippen molar-refractivity contribution in [3.05, 3.63) is 53.1 Å². The van der Waals surface area contributed by atoms with Crippen LogP contribution in [0.3, 0.4) is 0 Å². The van der Waals surface area contributed by atoms with E-state index >= 15 is 0 Å². The quantitative estimate of drug-likeness (QED) is 0.579. The molecule has 0 saturated heterocycles. The van der Waals surface area contributed by atoms with Gasteiger partial charge in [-0.3, -0.25) is 4.79 Å². The first-order chi connectivity index (χ1) is 10.6. The van der Waals surface area contributed by atoms with E-state index < -0.39 is 0 Å². The van der Waals surface area contributed by atoms with E-state index in [1.165, 1.54) is 0 Å². The monoisotopic (exact) mass is 300 g/mol. The summed E-state index contributed by atoms with van der Waals surface area (Å²) in [6.45, 7) is 4.81. The Morgan fingerprint density at radius 1 is 0.909 bits per heavy atom. The minimum Gasteiger partial charge on any atom is -0.497 e. The predicted molar refractivity (Wildman–Crippen MR) is 85.3 cm³/mol. The third-order valence-corrected chi connectivity index (χ3v) is 3.15. The molecule has 0 aliphatic carbocycles. The molecule has 0 spiro atoms. The van der Waals surface area contributed by atoms with Gasteiger partial charge in [0.05, 0.1) is 12.7 Å². The third-order valence-electron chi connectivity index (χ3n) is 3.15. The van der Waals surface area contributed by atoms with Gasteiger partial charge in [0.25, 0.3) is 0 Å². The van der Waals surface area contributed by atoms with Crippen molar-refractivity contribution < 1.29 is 19.0 Å². The molecule has 0 radical (unpaired) electrons. The van der Waals surface area contributed by atoms with Crippen molar-refractivity contribution in [1.29, 1.82) is 0 Å². The van der Waals surface area contributed by atoms with Gasteiger partial charge in [0.2, 0.25) is 0 Å². The molecule has 0 amide bonds. The van der Waals surface area contributed by atoms with E-state index in [0.29, 0.717) is 30.3 Å². The zero-order valence-electron chi connectivity index (χ0n) is 13.1. The Bertz CT molecular complexity index is 629. The molecule has 2 aromatic carbocycles. The predicted octanol–water partition coefficient (Wildman–Crippen LogP) is 3.58. The van der Waals surface area contributed by atoms with E-state index in [1.54, 1.807) is 25.3 Å². The average molecular weight is 300 g/mol. The minimum absolute atomic E-state index is 0.348. The Morgan fingerprint density at radius 2 is 1.59 bits per heavy atom. The maximum Gasteiger partial charge on any atom is 0.153 e. The molecule has 116 valence electrons. The summed E-state index contributed by atoms with van der Waals surface area (Å²) < 4.78 is 16.4. The van der Waals surface area contributed by atoms with Gasteiger partial charge < -0.3 is 14.2 Å². The standard InChI is InChI=1S/C18H20O4/c1-13-8-14(2)10-17(9-13)21-6-7-22-18-11-16(20-3)5-4-15(18)12-19/h4-5,8-12H,6-7H2,1-3H3. The van der Waals surface area contributed by atoms with Crippen LogP contribution in [0.5, 0.6) is 17.2 Å². The van der Waals surface area contributed by atoms with Crippen LogP contribution in [0.4, 0.5) is 0 Å². The van der Waals surface area contributed by atoms with Gasteiger partial charge in [0.1, 0.15) is 30.5 Å². The molecule has 0 heterocycles. The molecule has 2 aromatic rings. The molecule has 4 heteroatoms. The van der Waals surface area contributed by atoms with Gasteiger partial charge in [-0.25, -0.2) is 0 Å². The van der Waals surface area contributed by atoms with E-state index in [4.69, 9.17) is 14.2 Å². The first-order valence-electron chi connectivity index (χ1n) is 7.09. The third kappa shape index (κ3) is 4.25. The molecule has 2 rings (SSSR count). The maximum absolute atomic E-state index is 11.0. The molecule has 4 nitrogen and oxygen atoms in total. The van der Waals surface area contributed by atoms with Gasteiger partial charge in [-0.05, 0) is 49.2 Å². The first-order valence-corrected chi connectivity index (χ1v) is 7.09. The van der Waals surface area contributed by atoms with E-state index in [2.05, 4.69) is 6.07 Å². The largest absolute Gasteiger partial charge is 0.497 e. The van der Waals surface area contributed by atoms with Crippen molar-refractivity contribution in [3.63, 3.8) is 0 Å². The van der Waals surface area contributed by atoms with Crippen LogP contribution in [-0.4, -0.2) is 26.6 Å². The normalized spacial score (nSPS) is 10.1. The number of aldehydes is 1. The summed E-state index contributed by atoms with van der Waals surface area (Å²) in [6, 6.07) is 11.1. The molecule has 0 N–H and O–H groups in total. The number of aryl methyl sites for hydroxylation is 2. The summed E-state index contributed by atoms with van der Waals surface area (Å²) in [7, 11) is 1.57. The zero-order chi connectivity index (χ0) is 15.9. The second-order valence-electron chi connectivity index (χ2n) is 5.04. The number of ether oxygens (including phenoxy) is 3. The molecule has 0 aliphatic heterocycles. The molecular formula is C18H20O4. The van der Waals surface area contributed by atoms with Crippen LogP contribution in [0.1, 0.15) is 21.5 Å². The van der Waals surface area contributed by atoms with Crippen molar-refractivity contribution in [2.75, 3.05) is 20.3 Å². The lowest BCUT2D eigenvalue weighted by Crippen LogP contribution is -2.10.